The molecule has 0 spiro atoms. The van der Waals surface area contributed by atoms with Gasteiger partial charge in [0, 0.05) is 16.7 Å². The van der Waals surface area contributed by atoms with Crippen molar-refractivity contribution in [2.45, 2.75) is 25.0 Å². The van der Waals surface area contributed by atoms with E-state index >= 15 is 0 Å². The molecule has 2 atom stereocenters. The molecule has 4 nitrogen and oxygen atoms in total. The molecule has 1 fully saturated rings. The summed E-state index contributed by atoms with van der Waals surface area (Å²) in [6, 6.07) is 7.62. The largest absolute Gasteiger partial charge is 0.473 e. The van der Waals surface area contributed by atoms with E-state index < -0.39 is 6.04 Å². The highest BCUT2D eigenvalue weighted by molar-refractivity contribution is 14.1. The van der Waals surface area contributed by atoms with Crippen molar-refractivity contribution in [3.63, 3.8) is 0 Å². The summed E-state index contributed by atoms with van der Waals surface area (Å²) < 4.78 is 6.68. The third kappa shape index (κ3) is 2.61. The Morgan fingerprint density at radius 3 is 2.89 bits per heavy atom. The zero-order valence-corrected chi connectivity index (χ0v) is 12.6. The maximum absolute atomic E-state index is 12.4. The summed E-state index contributed by atoms with van der Waals surface area (Å²) in [5.41, 5.74) is 1.02. The van der Waals surface area contributed by atoms with Crippen LogP contribution >= 0.6 is 22.6 Å². The van der Waals surface area contributed by atoms with E-state index in [1.54, 1.807) is 0 Å². The van der Waals surface area contributed by atoms with Gasteiger partial charge in [0.15, 0.2) is 18.5 Å². The number of carbonyl (C=O) groups excluding carboxylic acids is 1. The first-order valence-corrected chi connectivity index (χ1v) is 7.55. The van der Waals surface area contributed by atoms with E-state index in [2.05, 4.69) is 27.6 Å². The fraction of sp³-hybridized carbons (Fsp3) is 0.429. The zero-order valence-electron chi connectivity index (χ0n) is 10.5. The number of amides is 1. The maximum atomic E-state index is 12.4. The summed E-state index contributed by atoms with van der Waals surface area (Å²) in [6.45, 7) is 1.70. The van der Waals surface area contributed by atoms with Gasteiger partial charge in [0.05, 0.1) is 0 Å². The molecule has 0 radical (unpaired) electrons. The van der Waals surface area contributed by atoms with E-state index in [-0.39, 0.29) is 12.0 Å². The fourth-order valence-corrected chi connectivity index (χ4v) is 3.15. The lowest BCUT2D eigenvalue weighted by molar-refractivity contribution is -0.133. The van der Waals surface area contributed by atoms with Crippen LogP contribution in [0.5, 0.6) is 0 Å². The average molecular weight is 370 g/mol. The van der Waals surface area contributed by atoms with Gasteiger partial charge in [-0.3, -0.25) is 4.79 Å². The molecule has 0 aromatic heterocycles. The normalized spacial score (nSPS) is 25.6. The lowest BCUT2D eigenvalue weighted by atomic mass is 10.0. The van der Waals surface area contributed by atoms with Crippen LogP contribution in [0.4, 0.5) is 0 Å². The number of likely N-dealkylation sites (tertiary alicyclic amines) is 1. The van der Waals surface area contributed by atoms with Crippen molar-refractivity contribution >= 4 is 34.9 Å². The van der Waals surface area contributed by atoms with Gasteiger partial charge < -0.3 is 9.64 Å². The first-order valence-electron chi connectivity index (χ1n) is 6.47. The summed E-state index contributed by atoms with van der Waals surface area (Å²) >= 11 is 2.26. The molecule has 1 amide bonds. The molecule has 1 aromatic carbocycles. The van der Waals surface area contributed by atoms with Crippen LogP contribution in [0.3, 0.4) is 0 Å². The van der Waals surface area contributed by atoms with Crippen LogP contribution in [0.25, 0.3) is 0 Å². The van der Waals surface area contributed by atoms with Crippen LogP contribution in [-0.4, -0.2) is 36.3 Å². The molecule has 2 heterocycles. The van der Waals surface area contributed by atoms with Crippen molar-refractivity contribution in [3.05, 3.63) is 33.4 Å². The quantitative estimate of drug-likeness (QED) is 0.751. The van der Waals surface area contributed by atoms with E-state index in [0.29, 0.717) is 0 Å². The molecule has 19 heavy (non-hydrogen) atoms. The molecule has 0 bridgehead atoms. The van der Waals surface area contributed by atoms with Crippen molar-refractivity contribution in [2.24, 2.45) is 4.99 Å². The van der Waals surface area contributed by atoms with Gasteiger partial charge in [-0.2, -0.15) is 0 Å². The van der Waals surface area contributed by atoms with Crippen molar-refractivity contribution in [1.29, 1.82) is 0 Å². The molecule has 1 saturated heterocycles. The summed E-state index contributed by atoms with van der Waals surface area (Å²) in [7, 11) is 0. The molecule has 0 unspecified atom stereocenters. The van der Waals surface area contributed by atoms with Gasteiger partial charge in [-0.25, -0.2) is 4.99 Å². The Balaban J connectivity index is 1.80. The van der Waals surface area contributed by atoms with Gasteiger partial charge in [-0.05, 0) is 53.1 Å². The van der Waals surface area contributed by atoms with E-state index in [1.165, 1.54) is 6.40 Å². The third-order valence-corrected chi connectivity index (χ3v) is 4.23. The van der Waals surface area contributed by atoms with E-state index in [0.717, 1.165) is 35.1 Å². The number of hydrogen-bond acceptors (Lipinski definition) is 3. The number of nitrogens with zero attached hydrogens (tertiary/aromatic N) is 2. The summed E-state index contributed by atoms with van der Waals surface area (Å²) in [5, 5.41) is 0. The standard InChI is InChI=1S/C14H15IN2O2/c15-11-5-3-4-10(8-11)13-12(16-9-19-13)14(18)17-6-1-2-7-17/h3-5,8-9,12-13H,1-2,6-7H2/t12-,13+/m0/s1. The van der Waals surface area contributed by atoms with E-state index in [4.69, 9.17) is 4.74 Å². The first kappa shape index (κ1) is 12.9. The SMILES string of the molecule is O=C([C@H]1N=CO[C@@H]1c1cccc(I)c1)N1CCCC1. The van der Waals surface area contributed by atoms with Gasteiger partial charge >= 0.3 is 0 Å². The van der Waals surface area contributed by atoms with E-state index in [1.807, 2.05) is 29.2 Å². The molecule has 3 rings (SSSR count). The highest BCUT2D eigenvalue weighted by Crippen LogP contribution is 2.29. The minimum Gasteiger partial charge on any atom is -0.473 e. The number of ether oxygens (including phenoxy) is 1. The Morgan fingerprint density at radius 2 is 2.16 bits per heavy atom. The molecule has 0 saturated carbocycles. The molecule has 0 N–H and O–H groups in total. The summed E-state index contributed by atoms with van der Waals surface area (Å²) in [6.07, 6.45) is 3.33. The summed E-state index contributed by atoms with van der Waals surface area (Å²) in [4.78, 5) is 18.6. The second-order valence-corrected chi connectivity index (χ2v) is 6.09. The van der Waals surface area contributed by atoms with Crippen LogP contribution < -0.4 is 0 Å². The molecule has 2 aliphatic rings. The zero-order chi connectivity index (χ0) is 13.2. The Labute approximate surface area is 126 Å². The number of halogens is 1. The van der Waals surface area contributed by atoms with Gasteiger partial charge in [0.25, 0.3) is 5.91 Å². The molecular formula is C14H15IN2O2. The fourth-order valence-electron chi connectivity index (χ4n) is 2.58. The number of rotatable bonds is 2. The third-order valence-electron chi connectivity index (χ3n) is 3.56. The lowest BCUT2D eigenvalue weighted by Crippen LogP contribution is -2.38. The average Bonchev–Trinajstić information content (AvgIpc) is 3.09. The molecular weight excluding hydrogens is 355 g/mol. The van der Waals surface area contributed by atoms with Crippen molar-refractivity contribution < 1.29 is 9.53 Å². The summed E-state index contributed by atoms with van der Waals surface area (Å²) in [5.74, 6) is 0.0927. The lowest BCUT2D eigenvalue weighted by Gasteiger charge is -2.22. The van der Waals surface area contributed by atoms with Crippen molar-refractivity contribution in [1.82, 2.24) is 4.90 Å². The van der Waals surface area contributed by atoms with Crippen LogP contribution in [0.15, 0.2) is 29.3 Å². The topological polar surface area (TPSA) is 41.9 Å². The van der Waals surface area contributed by atoms with E-state index in [9.17, 15) is 4.79 Å². The van der Waals surface area contributed by atoms with Crippen LogP contribution in [-0.2, 0) is 9.53 Å². The number of aliphatic imine (C=N–C) groups is 1. The second kappa shape index (κ2) is 5.48. The van der Waals surface area contributed by atoms with Gasteiger partial charge in [0.1, 0.15) is 0 Å². The van der Waals surface area contributed by atoms with Gasteiger partial charge in [0.2, 0.25) is 0 Å². The molecule has 2 aliphatic heterocycles. The highest BCUT2D eigenvalue weighted by Gasteiger charge is 2.37. The predicted octanol–water partition coefficient (Wildman–Crippen LogP) is 2.38. The first-order chi connectivity index (χ1) is 9.25. The number of benzene rings is 1. The van der Waals surface area contributed by atoms with Gasteiger partial charge in [-0.15, -0.1) is 0 Å². The predicted molar refractivity (Wildman–Crippen MR) is 81.1 cm³/mol. The smallest absolute Gasteiger partial charge is 0.251 e. The van der Waals surface area contributed by atoms with Gasteiger partial charge in [-0.1, -0.05) is 12.1 Å². The van der Waals surface area contributed by atoms with Crippen LogP contribution in [0, 0.1) is 3.57 Å². The molecule has 5 heteroatoms. The minimum absolute atomic E-state index is 0.0927. The number of hydrogen-bond donors (Lipinski definition) is 0. The molecule has 100 valence electrons. The minimum atomic E-state index is -0.420. The second-order valence-electron chi connectivity index (χ2n) is 4.84. The van der Waals surface area contributed by atoms with Crippen molar-refractivity contribution in [2.75, 3.05) is 13.1 Å². The maximum Gasteiger partial charge on any atom is 0.251 e. The Hall–Kier alpha value is -1.11. The highest BCUT2D eigenvalue weighted by atomic mass is 127. The van der Waals surface area contributed by atoms with Crippen molar-refractivity contribution in [3.8, 4) is 0 Å². The van der Waals surface area contributed by atoms with Crippen LogP contribution in [0.2, 0.25) is 0 Å². The Morgan fingerprint density at radius 1 is 1.37 bits per heavy atom. The Bertz CT molecular complexity index is 512. The Kier molecular flexibility index (Phi) is 3.72. The molecule has 1 aromatic rings. The van der Waals surface area contributed by atoms with Crippen LogP contribution in [0.1, 0.15) is 24.5 Å². The number of carbonyl (C=O) groups is 1. The monoisotopic (exact) mass is 370 g/mol. The molecule has 0 aliphatic carbocycles.